The molecule has 0 fully saturated rings. The third-order valence-electron chi connectivity index (χ3n) is 2.75. The molecule has 132 valence electrons. The summed E-state index contributed by atoms with van der Waals surface area (Å²) in [5.74, 6) is -0.472. The average molecular weight is 367 g/mol. The summed E-state index contributed by atoms with van der Waals surface area (Å²) in [6.45, 7) is -0.136. The van der Waals surface area contributed by atoms with Gasteiger partial charge in [-0.1, -0.05) is 30.0 Å². The SMILES string of the molecule is FC(F)(F)c1ccccc1CNCCCSC(F)(F)C(F)(F)F. The molecule has 23 heavy (non-hydrogen) atoms. The van der Waals surface area contributed by atoms with E-state index in [1.807, 2.05) is 0 Å². The number of alkyl halides is 8. The summed E-state index contributed by atoms with van der Waals surface area (Å²) in [7, 11) is 0. The second-order valence-corrected chi connectivity index (χ2v) is 5.76. The number of nitrogens with one attached hydrogen (secondary N) is 1. The maximum Gasteiger partial charge on any atom is 0.464 e. The van der Waals surface area contributed by atoms with Gasteiger partial charge in [-0.15, -0.1) is 0 Å². The Morgan fingerprint density at radius 3 is 2.09 bits per heavy atom. The van der Waals surface area contributed by atoms with Gasteiger partial charge in [-0.25, -0.2) is 0 Å². The maximum atomic E-state index is 12.7. The van der Waals surface area contributed by atoms with E-state index in [2.05, 4.69) is 5.32 Å². The van der Waals surface area contributed by atoms with Gasteiger partial charge in [-0.3, -0.25) is 0 Å². The molecule has 1 rings (SSSR count). The summed E-state index contributed by atoms with van der Waals surface area (Å²) in [5.41, 5.74) is -0.834. The number of rotatable bonds is 7. The second-order valence-electron chi connectivity index (χ2n) is 4.55. The van der Waals surface area contributed by atoms with E-state index >= 15 is 0 Å². The molecule has 0 spiro atoms. The molecule has 0 atom stereocenters. The van der Waals surface area contributed by atoms with E-state index < -0.39 is 40.7 Å². The highest BCUT2D eigenvalue weighted by Gasteiger charge is 2.57. The van der Waals surface area contributed by atoms with Crippen molar-refractivity contribution < 1.29 is 35.1 Å². The van der Waals surface area contributed by atoms with Gasteiger partial charge in [0.05, 0.1) is 5.56 Å². The molecule has 0 saturated carbocycles. The smallest absolute Gasteiger partial charge is 0.313 e. The van der Waals surface area contributed by atoms with Crippen LogP contribution >= 0.6 is 11.8 Å². The number of hydrogen-bond donors (Lipinski definition) is 1. The first kappa shape index (κ1) is 20.0. The zero-order valence-electron chi connectivity index (χ0n) is 11.6. The quantitative estimate of drug-likeness (QED) is 0.533. The lowest BCUT2D eigenvalue weighted by atomic mass is 10.1. The Hall–Kier alpha value is -1.03. The predicted octanol–water partition coefficient (Wildman–Crippen LogP) is 5.07. The largest absolute Gasteiger partial charge is 0.464 e. The lowest BCUT2D eigenvalue weighted by molar-refractivity contribution is -0.237. The van der Waals surface area contributed by atoms with E-state index in [0.717, 1.165) is 6.07 Å². The van der Waals surface area contributed by atoms with E-state index in [-0.39, 0.29) is 25.1 Å². The fourth-order valence-corrected chi connectivity index (χ4v) is 2.36. The van der Waals surface area contributed by atoms with Crippen molar-refractivity contribution in [2.24, 2.45) is 0 Å². The van der Waals surface area contributed by atoms with Crippen LogP contribution in [0.15, 0.2) is 24.3 Å². The zero-order valence-corrected chi connectivity index (χ0v) is 12.4. The van der Waals surface area contributed by atoms with Crippen LogP contribution in [0.4, 0.5) is 35.1 Å². The molecule has 0 saturated heterocycles. The third kappa shape index (κ3) is 6.17. The van der Waals surface area contributed by atoms with E-state index in [9.17, 15) is 35.1 Å². The van der Waals surface area contributed by atoms with Crippen LogP contribution in [0.5, 0.6) is 0 Å². The predicted molar refractivity (Wildman–Crippen MR) is 71.2 cm³/mol. The van der Waals surface area contributed by atoms with Crippen molar-refractivity contribution in [2.45, 2.75) is 30.6 Å². The van der Waals surface area contributed by atoms with Crippen LogP contribution < -0.4 is 5.32 Å². The number of halogens is 8. The van der Waals surface area contributed by atoms with Crippen molar-refractivity contribution in [3.8, 4) is 0 Å². The Bertz CT molecular complexity index is 497. The fourth-order valence-electron chi connectivity index (χ4n) is 1.65. The standard InChI is InChI=1S/C13H13F8NS/c14-11(15,16)10-5-2-1-4-9(10)8-22-6-3-7-23-13(20,21)12(17,18)19/h1-2,4-5,22H,3,6-8H2. The molecule has 1 nitrogen and oxygen atoms in total. The van der Waals surface area contributed by atoms with Crippen LogP contribution in [0.1, 0.15) is 17.5 Å². The molecule has 10 heteroatoms. The van der Waals surface area contributed by atoms with E-state index in [0.29, 0.717) is 0 Å². The third-order valence-corrected chi connectivity index (χ3v) is 3.84. The second kappa shape index (κ2) is 7.69. The minimum Gasteiger partial charge on any atom is -0.313 e. The van der Waals surface area contributed by atoms with Crippen molar-refractivity contribution in [3.63, 3.8) is 0 Å². The Balaban J connectivity index is 2.37. The topological polar surface area (TPSA) is 12.0 Å². The lowest BCUT2D eigenvalue weighted by Gasteiger charge is -2.18. The molecule has 0 amide bonds. The molecule has 0 aromatic heterocycles. The van der Waals surface area contributed by atoms with Crippen molar-refractivity contribution in [1.82, 2.24) is 5.32 Å². The molecule has 1 aromatic rings. The van der Waals surface area contributed by atoms with Crippen LogP contribution in [0.25, 0.3) is 0 Å². The average Bonchev–Trinajstić information content (AvgIpc) is 2.40. The van der Waals surface area contributed by atoms with Gasteiger partial charge in [-0.2, -0.15) is 35.1 Å². The first-order valence-electron chi connectivity index (χ1n) is 6.39. The summed E-state index contributed by atoms with van der Waals surface area (Å²) in [6, 6.07) is 4.84. The van der Waals surface area contributed by atoms with E-state index in [1.54, 1.807) is 0 Å². The molecule has 0 aliphatic heterocycles. The Labute approximate surface area is 131 Å². The van der Waals surface area contributed by atoms with Gasteiger partial charge in [-0.05, 0) is 24.6 Å². The van der Waals surface area contributed by atoms with Gasteiger partial charge in [0.2, 0.25) is 0 Å². The number of thioether (sulfide) groups is 1. The van der Waals surface area contributed by atoms with Crippen LogP contribution in [-0.2, 0) is 12.7 Å². The monoisotopic (exact) mass is 367 g/mol. The van der Waals surface area contributed by atoms with Crippen LogP contribution in [-0.4, -0.2) is 23.7 Å². The molecule has 0 aliphatic rings. The van der Waals surface area contributed by atoms with Crippen LogP contribution in [0, 0.1) is 0 Å². The van der Waals surface area contributed by atoms with Gasteiger partial charge >= 0.3 is 17.6 Å². The van der Waals surface area contributed by atoms with Crippen LogP contribution in [0.3, 0.4) is 0 Å². The molecule has 1 aromatic carbocycles. The Morgan fingerprint density at radius 1 is 0.913 bits per heavy atom. The normalized spacial score (nSPS) is 13.4. The molecule has 0 unspecified atom stereocenters. The van der Waals surface area contributed by atoms with Crippen molar-refractivity contribution >= 4 is 11.8 Å². The van der Waals surface area contributed by atoms with Gasteiger partial charge in [0.1, 0.15) is 0 Å². The Morgan fingerprint density at radius 2 is 1.52 bits per heavy atom. The van der Waals surface area contributed by atoms with Gasteiger partial charge in [0.15, 0.2) is 0 Å². The molecule has 1 N–H and O–H groups in total. The van der Waals surface area contributed by atoms with E-state index in [4.69, 9.17) is 0 Å². The minimum absolute atomic E-state index is 0.0201. The van der Waals surface area contributed by atoms with Crippen molar-refractivity contribution in [3.05, 3.63) is 35.4 Å². The lowest BCUT2D eigenvalue weighted by Crippen LogP contribution is -2.33. The van der Waals surface area contributed by atoms with Gasteiger partial charge in [0.25, 0.3) is 0 Å². The number of hydrogen-bond acceptors (Lipinski definition) is 2. The summed E-state index contributed by atoms with van der Waals surface area (Å²) < 4.78 is 98.9. The van der Waals surface area contributed by atoms with Crippen molar-refractivity contribution in [2.75, 3.05) is 12.3 Å². The van der Waals surface area contributed by atoms with E-state index in [1.165, 1.54) is 18.2 Å². The number of benzene rings is 1. The molecule has 0 heterocycles. The maximum absolute atomic E-state index is 12.7. The van der Waals surface area contributed by atoms with Crippen molar-refractivity contribution in [1.29, 1.82) is 0 Å². The first-order valence-corrected chi connectivity index (χ1v) is 7.38. The summed E-state index contributed by atoms with van der Waals surface area (Å²) in [4.78, 5) is 0. The summed E-state index contributed by atoms with van der Waals surface area (Å²) in [5, 5.41) is -2.22. The highest BCUT2D eigenvalue weighted by Crippen LogP contribution is 2.44. The Kier molecular flexibility index (Phi) is 6.70. The molecule has 0 radical (unpaired) electrons. The zero-order chi connectivity index (χ0) is 17.7. The highest BCUT2D eigenvalue weighted by atomic mass is 32.2. The molecule has 0 bridgehead atoms. The molecular formula is C13H13F8NS. The summed E-state index contributed by atoms with van der Waals surface area (Å²) >= 11 is -0.539. The summed E-state index contributed by atoms with van der Waals surface area (Å²) in [6.07, 6.45) is -10.2. The highest BCUT2D eigenvalue weighted by molar-refractivity contribution is 8.00. The minimum atomic E-state index is -5.61. The molecular weight excluding hydrogens is 354 g/mol. The first-order chi connectivity index (χ1) is 10.5. The molecule has 0 aliphatic carbocycles. The van der Waals surface area contributed by atoms with Gasteiger partial charge < -0.3 is 5.32 Å². The van der Waals surface area contributed by atoms with Gasteiger partial charge in [0, 0.05) is 12.3 Å². The fraction of sp³-hybridized carbons (Fsp3) is 0.538. The van der Waals surface area contributed by atoms with Crippen LogP contribution in [0.2, 0.25) is 0 Å².